The second kappa shape index (κ2) is 21.2. The lowest BCUT2D eigenvalue weighted by molar-refractivity contribution is -0.438. The highest BCUT2D eigenvalue weighted by Gasteiger charge is 2.47. The van der Waals surface area contributed by atoms with E-state index in [0.29, 0.717) is 85.9 Å². The van der Waals surface area contributed by atoms with Gasteiger partial charge in [0.25, 0.3) is 21.9 Å². The van der Waals surface area contributed by atoms with Gasteiger partial charge < -0.3 is 23.8 Å². The molecule has 0 aromatic heterocycles. The Bertz CT molecular complexity index is 3000. The minimum absolute atomic E-state index is 0.0130. The topological polar surface area (TPSA) is 200 Å². The van der Waals surface area contributed by atoms with Crippen LogP contribution in [0.1, 0.15) is 126 Å². The molecule has 1 N–H and O–H groups in total. The Hall–Kier alpha value is -5.72. The summed E-state index contributed by atoms with van der Waals surface area (Å²) in [4.78, 5) is 43.4. The molecule has 0 radical (unpaired) electrons. The van der Waals surface area contributed by atoms with Crippen LogP contribution in [0.15, 0.2) is 105 Å². The summed E-state index contributed by atoms with van der Waals surface area (Å²) < 4.78 is 87.2. The van der Waals surface area contributed by atoms with E-state index in [1.165, 1.54) is 24.3 Å². The van der Waals surface area contributed by atoms with Gasteiger partial charge in [-0.15, -0.1) is 5.06 Å². The Kier molecular flexibility index (Phi) is 15.8. The molecule has 1 saturated heterocycles. The van der Waals surface area contributed by atoms with Gasteiger partial charge in [-0.25, -0.2) is 13.2 Å². The second-order valence-electron chi connectivity index (χ2n) is 19.6. The monoisotopic (exact) mass is 1010 g/mol. The predicted octanol–water partition coefficient (Wildman–Crippen LogP) is 9.41. The predicted molar refractivity (Wildman–Crippen MR) is 268 cm³/mol. The van der Waals surface area contributed by atoms with E-state index in [0.717, 1.165) is 63.5 Å². The summed E-state index contributed by atoms with van der Waals surface area (Å²) in [6.07, 6.45) is 13.6. The Morgan fingerprint density at radius 1 is 0.859 bits per heavy atom. The highest BCUT2D eigenvalue weighted by Crippen LogP contribution is 2.52. The van der Waals surface area contributed by atoms with Crippen molar-refractivity contribution in [2.24, 2.45) is 0 Å². The van der Waals surface area contributed by atoms with Gasteiger partial charge in [0, 0.05) is 79.9 Å². The second-order valence-corrected chi connectivity index (χ2v) is 22.4. The molecule has 0 bridgehead atoms. The summed E-state index contributed by atoms with van der Waals surface area (Å²) in [6.45, 7) is 15.4. The fourth-order valence-corrected chi connectivity index (χ4v) is 11.5. The van der Waals surface area contributed by atoms with Gasteiger partial charge in [-0.3, -0.25) is 14.1 Å². The van der Waals surface area contributed by atoms with Crippen LogP contribution in [0.3, 0.4) is 0 Å². The quantitative estimate of drug-likeness (QED) is 0.0516. The Labute approximate surface area is 418 Å². The molecule has 1 atom stereocenters. The molecule has 1 unspecified atom stereocenters. The van der Waals surface area contributed by atoms with Crippen molar-refractivity contribution in [2.45, 2.75) is 140 Å². The number of benzene rings is 3. The van der Waals surface area contributed by atoms with Crippen molar-refractivity contribution in [3.8, 4) is 5.75 Å². The molecule has 1 fully saturated rings. The van der Waals surface area contributed by atoms with Crippen LogP contribution in [0.25, 0.3) is 0 Å². The average molecular weight is 1010 g/mol. The van der Waals surface area contributed by atoms with Gasteiger partial charge in [0.15, 0.2) is 5.71 Å². The number of fused-ring (bicyclic) bond motifs is 2. The summed E-state index contributed by atoms with van der Waals surface area (Å²) in [6, 6.07) is 13.9. The number of nitrogens with zero attached hydrogens (tertiary/aromatic N) is 3. The van der Waals surface area contributed by atoms with Crippen molar-refractivity contribution in [2.75, 3.05) is 31.7 Å². The number of hydroxylamine groups is 2. The molecular weight excluding hydrogens is 947 g/mol. The maximum absolute atomic E-state index is 12.6. The Morgan fingerprint density at radius 3 is 2.18 bits per heavy atom. The summed E-state index contributed by atoms with van der Waals surface area (Å²) >= 11 is 0. The van der Waals surface area contributed by atoms with Crippen molar-refractivity contribution < 1.29 is 59.2 Å². The first-order chi connectivity index (χ1) is 33.5. The van der Waals surface area contributed by atoms with Gasteiger partial charge in [0.1, 0.15) is 28.2 Å². The number of hydrogen-bond acceptors (Lipinski definition) is 12. The first-order valence-corrected chi connectivity index (χ1v) is 27.1. The number of carbonyl (C=O) groups excluding carboxylic acids is 3. The molecule has 3 aromatic carbocycles. The van der Waals surface area contributed by atoms with Crippen molar-refractivity contribution in [3.63, 3.8) is 0 Å². The number of allylic oxidation sites excluding steroid dienone is 7. The number of ether oxygens (including phenoxy) is 2. The lowest BCUT2D eigenvalue weighted by Gasteiger charge is -2.30. The number of carbonyl (C=O) groups is 3. The number of anilines is 1. The van der Waals surface area contributed by atoms with Crippen LogP contribution in [0, 0.1) is 20.8 Å². The van der Waals surface area contributed by atoms with E-state index in [-0.39, 0.29) is 29.1 Å². The number of imide groups is 1. The van der Waals surface area contributed by atoms with Crippen LogP contribution in [-0.4, -0.2) is 85.9 Å². The van der Waals surface area contributed by atoms with E-state index in [1.54, 1.807) is 7.11 Å². The largest absolute Gasteiger partial charge is 0.744 e. The molecule has 7 rings (SSSR count). The fraction of sp³-hybridized carbons (Fsp3) is 0.444. The first-order valence-electron chi connectivity index (χ1n) is 24.3. The van der Waals surface area contributed by atoms with E-state index < -0.39 is 48.8 Å². The molecule has 1 aliphatic carbocycles. The highest BCUT2D eigenvalue weighted by atomic mass is 32.2. The lowest BCUT2D eigenvalue weighted by Crippen LogP contribution is -2.31. The van der Waals surface area contributed by atoms with Crippen LogP contribution in [0.2, 0.25) is 0 Å². The first kappa shape index (κ1) is 53.1. The molecule has 17 heteroatoms. The fourth-order valence-electron chi connectivity index (χ4n) is 10.3. The zero-order chi connectivity index (χ0) is 51.6. The molecule has 0 saturated carbocycles. The van der Waals surface area contributed by atoms with Gasteiger partial charge in [-0.1, -0.05) is 30.7 Å². The van der Waals surface area contributed by atoms with E-state index in [1.807, 2.05) is 58.9 Å². The maximum Gasteiger partial charge on any atom is 0.333 e. The zero-order valence-corrected chi connectivity index (χ0v) is 43.6. The molecular formula is C54H65N3O12S2. The molecule has 3 aromatic rings. The molecule has 15 nitrogen and oxygen atoms in total. The Morgan fingerprint density at radius 2 is 1.54 bits per heavy atom. The summed E-state index contributed by atoms with van der Waals surface area (Å²) in [5, 5.41) is 0.554. The molecule has 380 valence electrons. The van der Waals surface area contributed by atoms with Gasteiger partial charge >= 0.3 is 5.97 Å². The minimum atomic E-state index is -4.74. The molecule has 3 aliphatic heterocycles. The maximum atomic E-state index is 12.6. The van der Waals surface area contributed by atoms with E-state index in [9.17, 15) is 40.3 Å². The molecule has 2 amide bonds. The van der Waals surface area contributed by atoms with Crippen molar-refractivity contribution in [3.05, 3.63) is 123 Å². The van der Waals surface area contributed by atoms with Crippen LogP contribution in [0.5, 0.6) is 5.75 Å². The standard InChI is InChI=1S/C54H65N3O12S2/c1-9-28-55-46(54(7,27-30-67-8)44-34-42(71(64,65)66)32-37(4)51(44)55)24-20-39-15-13-14-38(52(39)68-40-21-17-35(2)18-22-40)19-23-45-53(5,6)43-33-41(70(61,62)63)31-36(3)50(43)56(45)29-12-10-11-16-49(60)69-57-47(58)25-26-48(57)59/h17-24,31-34H,9-16,25-30H2,1-8H3,(H-,61,62,63,64,65,66). The number of unbranched alkanes of at least 4 members (excludes halogenated alkanes) is 2. The average Bonchev–Trinajstić information content (AvgIpc) is 3.83. The van der Waals surface area contributed by atoms with Crippen molar-refractivity contribution in [1.82, 2.24) is 5.06 Å². The van der Waals surface area contributed by atoms with Crippen molar-refractivity contribution >= 4 is 55.1 Å². The minimum Gasteiger partial charge on any atom is -0.744 e. The highest BCUT2D eigenvalue weighted by molar-refractivity contribution is 7.86. The number of methoxy groups -OCH3 is 1. The zero-order valence-electron chi connectivity index (χ0n) is 41.9. The summed E-state index contributed by atoms with van der Waals surface area (Å²) in [5.74, 6) is -0.379. The number of aryl methyl sites for hydroxylation is 3. The third kappa shape index (κ3) is 11.2. The normalized spacial score (nSPS) is 20.3. The molecule has 4 aliphatic rings. The van der Waals surface area contributed by atoms with Crippen LogP contribution in [-0.2, 0) is 55.0 Å². The van der Waals surface area contributed by atoms with E-state index in [4.69, 9.17) is 14.3 Å². The summed E-state index contributed by atoms with van der Waals surface area (Å²) in [7, 11) is -7.64. The van der Waals surface area contributed by atoms with Gasteiger partial charge in [0.2, 0.25) is 5.69 Å². The number of hydrogen-bond donors (Lipinski definition) is 1. The van der Waals surface area contributed by atoms with Crippen LogP contribution >= 0.6 is 0 Å². The lowest BCUT2D eigenvalue weighted by atomic mass is 9.78. The van der Waals surface area contributed by atoms with Crippen LogP contribution in [0.4, 0.5) is 11.4 Å². The van der Waals surface area contributed by atoms with E-state index in [2.05, 4.69) is 47.6 Å². The van der Waals surface area contributed by atoms with Gasteiger partial charge in [0.05, 0.1) is 15.2 Å². The molecule has 0 spiro atoms. The van der Waals surface area contributed by atoms with Gasteiger partial charge in [-0.05, 0) is 157 Å². The smallest absolute Gasteiger partial charge is 0.333 e. The third-order valence-corrected chi connectivity index (χ3v) is 15.7. The SMILES string of the molecule is CCCN1C(=CC=C2CCCC(C=CC3=[N+](CCCCCC(=O)ON4C(=O)CCC4=O)c4c(C)cc(S(=O)(=O)O)cc4C3(C)C)=C2Oc2ccc(C)cc2)C(C)(CCOC)c2cc(S(=O)(=O)[O-])cc(C)c21. The Balaban J connectivity index is 1.30. The van der Waals surface area contributed by atoms with Gasteiger partial charge in [-0.2, -0.15) is 13.0 Å². The van der Waals surface area contributed by atoms with Crippen LogP contribution < -0.4 is 9.64 Å². The van der Waals surface area contributed by atoms with E-state index >= 15 is 0 Å². The number of rotatable bonds is 19. The number of amides is 2. The third-order valence-electron chi connectivity index (χ3n) is 14.0. The van der Waals surface area contributed by atoms with Crippen molar-refractivity contribution in [1.29, 1.82) is 0 Å². The summed E-state index contributed by atoms with van der Waals surface area (Å²) in [5.41, 5.74) is 7.92. The molecule has 3 heterocycles. The molecule has 71 heavy (non-hydrogen) atoms.